The van der Waals surface area contributed by atoms with Crippen LogP contribution < -0.4 is 5.73 Å². The summed E-state index contributed by atoms with van der Waals surface area (Å²) in [6.45, 7) is 3.98. The van der Waals surface area contributed by atoms with Crippen LogP contribution in [0.3, 0.4) is 0 Å². The van der Waals surface area contributed by atoms with Gasteiger partial charge in [-0.15, -0.1) is 0 Å². The molecule has 1 atom stereocenters. The van der Waals surface area contributed by atoms with Crippen LogP contribution in [0.4, 0.5) is 13.2 Å². The van der Waals surface area contributed by atoms with E-state index in [0.29, 0.717) is 5.76 Å². The molecule has 3 N–H and O–H groups in total. The normalized spacial score (nSPS) is 11.8. The number of esters is 1. The van der Waals surface area contributed by atoms with Crippen molar-refractivity contribution in [1.82, 2.24) is 0 Å². The van der Waals surface area contributed by atoms with Gasteiger partial charge in [0.1, 0.15) is 5.76 Å². The Balaban J connectivity index is 0. The second kappa shape index (κ2) is 9.36. The molecule has 6 nitrogen and oxygen atoms in total. The first-order valence-corrected chi connectivity index (χ1v) is 5.74. The van der Waals surface area contributed by atoms with Crippen LogP contribution in [0.1, 0.15) is 36.2 Å². The summed E-state index contributed by atoms with van der Waals surface area (Å²) in [4.78, 5) is 20.0. The van der Waals surface area contributed by atoms with E-state index in [2.05, 4.69) is 4.74 Å². The Morgan fingerprint density at radius 3 is 2.09 bits per heavy atom. The number of aliphatic carboxylic acids is 1. The highest BCUT2D eigenvalue weighted by molar-refractivity contribution is 7.59. The summed E-state index contributed by atoms with van der Waals surface area (Å²) in [6.07, 6.45) is -5.08. The molecule has 22 heavy (non-hydrogen) atoms. The molecule has 0 aromatic carbocycles. The summed E-state index contributed by atoms with van der Waals surface area (Å²) in [5, 5.41) is 7.12. The van der Waals surface area contributed by atoms with Crippen molar-refractivity contribution in [2.75, 3.05) is 7.11 Å². The van der Waals surface area contributed by atoms with E-state index in [1.807, 2.05) is 13.8 Å². The van der Waals surface area contributed by atoms with Crippen molar-refractivity contribution in [2.24, 2.45) is 11.7 Å². The number of carboxylic acids is 1. The molecule has 0 aliphatic carbocycles. The van der Waals surface area contributed by atoms with Gasteiger partial charge in [0.15, 0.2) is 0 Å². The number of halogens is 3. The van der Waals surface area contributed by atoms with E-state index in [-0.39, 0.29) is 31.2 Å². The number of ether oxygens (including phenoxy) is 1. The third-order valence-electron chi connectivity index (χ3n) is 2.30. The number of carboxylic acid groups (broad SMARTS) is 1. The maximum atomic E-state index is 11.1. The quantitative estimate of drug-likeness (QED) is 0.816. The van der Waals surface area contributed by atoms with E-state index in [1.165, 1.54) is 7.11 Å². The highest BCUT2D eigenvalue weighted by atomic mass is 32.1. The molecule has 0 amide bonds. The third kappa shape index (κ3) is 7.36. The number of hydrogen-bond donors (Lipinski definition) is 2. The average molecular weight is 345 g/mol. The first kappa shape index (κ1) is 22.6. The number of carbonyl (C=O) groups excluding carboxylic acids is 1. The van der Waals surface area contributed by atoms with Crippen LogP contribution in [0.15, 0.2) is 16.5 Å². The van der Waals surface area contributed by atoms with Crippen LogP contribution in [-0.2, 0) is 9.53 Å². The van der Waals surface area contributed by atoms with Gasteiger partial charge in [-0.2, -0.15) is 26.7 Å². The molecule has 0 spiro atoms. The molecule has 1 rings (SSSR count). The highest BCUT2D eigenvalue weighted by Crippen LogP contribution is 2.21. The van der Waals surface area contributed by atoms with E-state index < -0.39 is 18.1 Å². The monoisotopic (exact) mass is 345 g/mol. The van der Waals surface area contributed by atoms with Crippen LogP contribution >= 0.6 is 13.5 Å². The zero-order valence-corrected chi connectivity index (χ0v) is 13.1. The van der Waals surface area contributed by atoms with Gasteiger partial charge in [-0.3, -0.25) is 0 Å². The van der Waals surface area contributed by atoms with Gasteiger partial charge in [0.05, 0.1) is 13.2 Å². The molecule has 0 bridgehead atoms. The molecular formula is C12H18F3NO5S. The van der Waals surface area contributed by atoms with Gasteiger partial charge in [-0.25, -0.2) is 9.59 Å². The third-order valence-corrected chi connectivity index (χ3v) is 2.30. The number of hydrogen-bond acceptors (Lipinski definition) is 5. The molecule has 1 aromatic heterocycles. The van der Waals surface area contributed by atoms with Crippen molar-refractivity contribution in [1.29, 1.82) is 0 Å². The van der Waals surface area contributed by atoms with Crippen LogP contribution in [0.2, 0.25) is 0 Å². The van der Waals surface area contributed by atoms with Crippen molar-refractivity contribution in [3.63, 3.8) is 0 Å². The van der Waals surface area contributed by atoms with E-state index >= 15 is 0 Å². The summed E-state index contributed by atoms with van der Waals surface area (Å²) in [7, 11) is 1.31. The maximum absolute atomic E-state index is 11.1. The van der Waals surface area contributed by atoms with Crippen molar-refractivity contribution in [3.8, 4) is 0 Å². The molecule has 128 valence electrons. The molecule has 0 unspecified atom stereocenters. The smallest absolute Gasteiger partial charge is 0.475 e. The highest BCUT2D eigenvalue weighted by Gasteiger charge is 2.38. The molecule has 0 aliphatic heterocycles. The first-order valence-electron chi connectivity index (χ1n) is 5.74. The predicted molar refractivity (Wildman–Crippen MR) is 75.9 cm³/mol. The summed E-state index contributed by atoms with van der Waals surface area (Å²) in [5.41, 5.74) is 5.85. The van der Waals surface area contributed by atoms with Gasteiger partial charge in [0, 0.05) is 0 Å². The van der Waals surface area contributed by atoms with Gasteiger partial charge in [0.25, 0.3) is 0 Å². The number of nitrogens with two attached hydrogens (primary N) is 1. The van der Waals surface area contributed by atoms with Crippen molar-refractivity contribution in [3.05, 3.63) is 23.7 Å². The SMILES string of the molecule is COC(=O)c1ccc([C@@H](N)C(C)C)o1.O=C(O)C(F)(F)F.S. The number of alkyl halides is 3. The minimum absolute atomic E-state index is 0. The number of carbonyl (C=O) groups is 2. The molecule has 0 saturated heterocycles. The Hall–Kier alpha value is -1.68. The first-order chi connectivity index (χ1) is 9.50. The summed E-state index contributed by atoms with van der Waals surface area (Å²) in [6, 6.07) is 3.09. The fraction of sp³-hybridized carbons (Fsp3) is 0.500. The molecule has 0 radical (unpaired) electrons. The van der Waals surface area contributed by atoms with Gasteiger partial charge in [-0.1, -0.05) is 13.8 Å². The molecule has 0 aliphatic rings. The number of methoxy groups -OCH3 is 1. The van der Waals surface area contributed by atoms with Crippen molar-refractivity contribution < 1.29 is 37.0 Å². The Morgan fingerprint density at radius 1 is 1.32 bits per heavy atom. The zero-order valence-electron chi connectivity index (χ0n) is 12.1. The predicted octanol–water partition coefficient (Wildman–Crippen LogP) is 2.47. The van der Waals surface area contributed by atoms with Crippen LogP contribution in [0.5, 0.6) is 0 Å². The number of rotatable bonds is 3. The van der Waals surface area contributed by atoms with Gasteiger partial charge in [-0.05, 0) is 18.1 Å². The van der Waals surface area contributed by atoms with Crippen LogP contribution in [0, 0.1) is 5.92 Å². The van der Waals surface area contributed by atoms with Crippen LogP contribution in [-0.4, -0.2) is 30.3 Å². The molecule has 10 heteroatoms. The molecule has 0 saturated carbocycles. The summed E-state index contributed by atoms with van der Waals surface area (Å²) >= 11 is 0. The zero-order chi connectivity index (χ0) is 16.8. The topological polar surface area (TPSA) is 103 Å². The maximum Gasteiger partial charge on any atom is 0.490 e. The average Bonchev–Trinajstić information content (AvgIpc) is 2.85. The van der Waals surface area contributed by atoms with Crippen LogP contribution in [0.25, 0.3) is 0 Å². The lowest BCUT2D eigenvalue weighted by Gasteiger charge is -2.11. The minimum atomic E-state index is -5.08. The number of furan rings is 1. The van der Waals surface area contributed by atoms with Crippen molar-refractivity contribution >= 4 is 25.4 Å². The lowest BCUT2D eigenvalue weighted by atomic mass is 10.0. The molecule has 1 heterocycles. The second-order valence-electron chi connectivity index (χ2n) is 4.27. The van der Waals surface area contributed by atoms with E-state index in [4.69, 9.17) is 20.1 Å². The molecular weight excluding hydrogens is 327 g/mol. The molecule has 0 fully saturated rings. The van der Waals surface area contributed by atoms with E-state index in [0.717, 1.165) is 0 Å². The Labute approximate surface area is 131 Å². The van der Waals surface area contributed by atoms with Gasteiger partial charge < -0.3 is 20.0 Å². The fourth-order valence-electron chi connectivity index (χ4n) is 1.07. The molecule has 1 aromatic rings. The summed E-state index contributed by atoms with van der Waals surface area (Å²) < 4.78 is 41.5. The standard InChI is InChI=1S/C10H15NO3.C2HF3O2.H2S/c1-6(2)9(11)7-4-5-8(14-7)10(12)13-3;3-2(4,5)1(6)7;/h4-6,9H,11H2,1-3H3;(H,6,7);1H2/t9-;;/m0../s1. The van der Waals surface area contributed by atoms with Crippen molar-refractivity contribution in [2.45, 2.75) is 26.1 Å². The Morgan fingerprint density at radius 2 is 1.77 bits per heavy atom. The van der Waals surface area contributed by atoms with Gasteiger partial charge in [0.2, 0.25) is 5.76 Å². The fourth-order valence-corrected chi connectivity index (χ4v) is 1.07. The lowest BCUT2D eigenvalue weighted by molar-refractivity contribution is -0.192. The minimum Gasteiger partial charge on any atom is -0.475 e. The summed E-state index contributed by atoms with van der Waals surface area (Å²) in [5.74, 6) is -2.16. The van der Waals surface area contributed by atoms with E-state index in [1.54, 1.807) is 12.1 Å². The van der Waals surface area contributed by atoms with E-state index in [9.17, 15) is 18.0 Å². The Bertz CT molecular complexity index is 487. The largest absolute Gasteiger partial charge is 0.490 e. The van der Waals surface area contributed by atoms with Gasteiger partial charge >= 0.3 is 18.1 Å². The Kier molecular flexibility index (Phi) is 9.62. The second-order valence-corrected chi connectivity index (χ2v) is 4.27. The lowest BCUT2D eigenvalue weighted by Crippen LogP contribution is -2.21.